The fourth-order valence-electron chi connectivity index (χ4n) is 3.76. The van der Waals surface area contributed by atoms with E-state index in [-0.39, 0.29) is 5.92 Å². The summed E-state index contributed by atoms with van der Waals surface area (Å²) in [6.07, 6.45) is 2.10. The minimum atomic E-state index is -0.237. The fraction of sp³-hybridized carbons (Fsp3) is 0.429. The predicted molar refractivity (Wildman–Crippen MR) is 94.7 cm³/mol. The van der Waals surface area contributed by atoms with E-state index >= 15 is 0 Å². The Balaban J connectivity index is 2.83. The number of pyridine rings is 1. The molecule has 1 atom stereocenters. The number of nitriles is 1. The second-order valence-electron chi connectivity index (χ2n) is 6.80. The molecular formula is C21H27N2+. The summed E-state index contributed by atoms with van der Waals surface area (Å²) in [5.41, 5.74) is 11.1. The molecule has 0 saturated carbocycles. The van der Waals surface area contributed by atoms with Crippen LogP contribution in [0.4, 0.5) is 0 Å². The summed E-state index contributed by atoms with van der Waals surface area (Å²) in [5.74, 6) is -0.237. The van der Waals surface area contributed by atoms with Crippen molar-refractivity contribution in [2.75, 3.05) is 0 Å². The molecule has 1 heterocycles. The first-order valence-corrected chi connectivity index (χ1v) is 8.13. The summed E-state index contributed by atoms with van der Waals surface area (Å²) in [4.78, 5) is 0. The lowest BCUT2D eigenvalue weighted by molar-refractivity contribution is -0.680. The first kappa shape index (κ1) is 17.2. The Morgan fingerprint density at radius 3 is 1.78 bits per heavy atom. The van der Waals surface area contributed by atoms with Gasteiger partial charge in [-0.2, -0.15) is 5.26 Å². The van der Waals surface area contributed by atoms with Crippen LogP contribution >= 0.6 is 0 Å². The molecule has 0 fully saturated rings. The van der Waals surface area contributed by atoms with Crippen LogP contribution in [0.2, 0.25) is 0 Å². The van der Waals surface area contributed by atoms with Crippen molar-refractivity contribution in [2.45, 2.75) is 54.4 Å². The molecular weight excluding hydrogens is 280 g/mol. The van der Waals surface area contributed by atoms with Gasteiger partial charge in [0, 0.05) is 11.1 Å². The molecule has 2 aromatic rings. The quantitative estimate of drug-likeness (QED) is 0.759. The van der Waals surface area contributed by atoms with Crippen LogP contribution in [-0.4, -0.2) is 0 Å². The van der Waals surface area contributed by atoms with Gasteiger partial charge in [-0.05, 0) is 87.9 Å². The Kier molecular flexibility index (Phi) is 4.61. The first-order valence-electron chi connectivity index (χ1n) is 8.13. The minimum absolute atomic E-state index is 0.237. The molecule has 0 aliphatic rings. The van der Waals surface area contributed by atoms with Crippen molar-refractivity contribution in [3.8, 4) is 6.07 Å². The van der Waals surface area contributed by atoms with E-state index in [1.165, 1.54) is 44.5 Å². The largest absolute Gasteiger partial charge is 0.205 e. The highest BCUT2D eigenvalue weighted by Crippen LogP contribution is 2.34. The van der Waals surface area contributed by atoms with Crippen LogP contribution in [0.5, 0.6) is 0 Å². The minimum Gasteiger partial charge on any atom is -0.203 e. The van der Waals surface area contributed by atoms with Crippen molar-refractivity contribution in [1.29, 1.82) is 5.26 Å². The molecule has 2 nitrogen and oxygen atoms in total. The third-order valence-corrected chi connectivity index (χ3v) is 5.37. The highest BCUT2D eigenvalue weighted by Gasteiger charge is 2.29. The molecule has 2 heteroatoms. The topological polar surface area (TPSA) is 27.7 Å². The second-order valence-corrected chi connectivity index (χ2v) is 6.80. The molecule has 23 heavy (non-hydrogen) atoms. The zero-order valence-corrected chi connectivity index (χ0v) is 15.6. The van der Waals surface area contributed by atoms with E-state index in [9.17, 15) is 5.26 Å². The van der Waals surface area contributed by atoms with E-state index in [0.29, 0.717) is 0 Å². The summed E-state index contributed by atoms with van der Waals surface area (Å²) in [6, 6.07) is 4.74. The molecule has 0 amide bonds. The standard InChI is InChI=1S/C21H27N2/c1-12-9-13(2)21(23(8)11-12)19(10-22)20-17(6)15(4)14(3)16(5)18(20)7/h9,11,19H,1-8H3/q+1. The summed E-state index contributed by atoms with van der Waals surface area (Å²) in [7, 11) is 2.04. The van der Waals surface area contributed by atoms with Crippen molar-refractivity contribution in [1.82, 2.24) is 0 Å². The molecule has 120 valence electrons. The average molecular weight is 307 g/mol. The molecule has 1 aromatic carbocycles. The van der Waals surface area contributed by atoms with Gasteiger partial charge in [0.25, 0.3) is 0 Å². The van der Waals surface area contributed by atoms with Gasteiger partial charge in [0.05, 0.1) is 6.07 Å². The number of nitrogens with zero attached hydrogens (tertiary/aromatic N) is 2. The van der Waals surface area contributed by atoms with E-state index in [1.54, 1.807) is 0 Å². The number of aryl methyl sites for hydroxylation is 3. The zero-order valence-electron chi connectivity index (χ0n) is 15.6. The summed E-state index contributed by atoms with van der Waals surface area (Å²) < 4.78 is 2.11. The maximum Gasteiger partial charge on any atom is 0.205 e. The monoisotopic (exact) mass is 307 g/mol. The molecule has 0 aliphatic heterocycles. The van der Waals surface area contributed by atoms with Gasteiger partial charge >= 0.3 is 0 Å². The van der Waals surface area contributed by atoms with Gasteiger partial charge in [0.2, 0.25) is 5.69 Å². The van der Waals surface area contributed by atoms with Gasteiger partial charge in [0.1, 0.15) is 7.05 Å². The van der Waals surface area contributed by atoms with Crippen LogP contribution in [0, 0.1) is 59.8 Å². The summed E-state index contributed by atoms with van der Waals surface area (Å²) >= 11 is 0. The fourth-order valence-corrected chi connectivity index (χ4v) is 3.76. The Morgan fingerprint density at radius 2 is 1.35 bits per heavy atom. The van der Waals surface area contributed by atoms with Crippen molar-refractivity contribution in [2.24, 2.45) is 7.05 Å². The summed E-state index contributed by atoms with van der Waals surface area (Å²) in [5, 5.41) is 9.99. The Bertz CT molecular complexity index is 771. The van der Waals surface area contributed by atoms with Gasteiger partial charge in [-0.15, -0.1) is 0 Å². The van der Waals surface area contributed by atoms with Crippen LogP contribution in [0.15, 0.2) is 12.3 Å². The van der Waals surface area contributed by atoms with Crippen LogP contribution in [0.1, 0.15) is 56.1 Å². The molecule has 1 unspecified atom stereocenters. The Morgan fingerprint density at radius 1 is 0.870 bits per heavy atom. The van der Waals surface area contributed by atoms with E-state index in [2.05, 4.69) is 71.4 Å². The number of hydrogen-bond acceptors (Lipinski definition) is 1. The molecule has 0 saturated heterocycles. The molecule has 1 aromatic heterocycles. The van der Waals surface area contributed by atoms with E-state index < -0.39 is 0 Å². The van der Waals surface area contributed by atoms with Crippen molar-refractivity contribution >= 4 is 0 Å². The Hall–Kier alpha value is -2.14. The third-order valence-electron chi connectivity index (χ3n) is 5.37. The smallest absolute Gasteiger partial charge is 0.203 e. The number of benzene rings is 1. The van der Waals surface area contributed by atoms with Crippen LogP contribution in [0.25, 0.3) is 0 Å². The third kappa shape index (κ3) is 2.77. The predicted octanol–water partition coefficient (Wildman–Crippen LogP) is 4.33. The maximum absolute atomic E-state index is 9.99. The molecule has 0 bridgehead atoms. The van der Waals surface area contributed by atoms with Crippen LogP contribution in [-0.2, 0) is 7.05 Å². The maximum atomic E-state index is 9.99. The molecule has 2 rings (SSSR count). The Labute approximate surface area is 140 Å². The van der Waals surface area contributed by atoms with E-state index in [1.807, 2.05) is 7.05 Å². The average Bonchev–Trinajstić information content (AvgIpc) is 2.48. The lowest BCUT2D eigenvalue weighted by Gasteiger charge is -2.21. The number of aromatic nitrogens is 1. The van der Waals surface area contributed by atoms with Gasteiger partial charge in [-0.3, -0.25) is 0 Å². The number of rotatable bonds is 2. The summed E-state index contributed by atoms with van der Waals surface area (Å²) in [6.45, 7) is 15.0. The molecule has 0 spiro atoms. The van der Waals surface area contributed by atoms with Crippen molar-refractivity contribution in [3.63, 3.8) is 0 Å². The lowest BCUT2D eigenvalue weighted by Crippen LogP contribution is -2.37. The highest BCUT2D eigenvalue weighted by molar-refractivity contribution is 5.54. The van der Waals surface area contributed by atoms with E-state index in [4.69, 9.17) is 0 Å². The SMILES string of the molecule is Cc1cc(C)c(C(C#N)c2c(C)c(C)c(C)c(C)c2C)[n+](C)c1. The van der Waals surface area contributed by atoms with Gasteiger partial charge in [-0.1, -0.05) is 0 Å². The normalized spacial score (nSPS) is 12.1. The molecule has 0 N–H and O–H groups in total. The number of hydrogen-bond donors (Lipinski definition) is 0. The van der Waals surface area contributed by atoms with Crippen LogP contribution < -0.4 is 4.57 Å². The lowest BCUT2D eigenvalue weighted by atomic mass is 9.81. The molecule has 0 aliphatic carbocycles. The van der Waals surface area contributed by atoms with E-state index in [0.717, 1.165) is 5.69 Å². The van der Waals surface area contributed by atoms with Gasteiger partial charge in [-0.25, -0.2) is 4.57 Å². The zero-order chi connectivity index (χ0) is 17.5. The van der Waals surface area contributed by atoms with Crippen molar-refractivity contribution < 1.29 is 4.57 Å². The highest BCUT2D eigenvalue weighted by atomic mass is 14.9. The first-order chi connectivity index (χ1) is 10.7. The van der Waals surface area contributed by atoms with Gasteiger partial charge < -0.3 is 0 Å². The second kappa shape index (κ2) is 6.16. The van der Waals surface area contributed by atoms with Gasteiger partial charge in [0.15, 0.2) is 12.1 Å². The van der Waals surface area contributed by atoms with Crippen molar-refractivity contribution in [3.05, 3.63) is 62.5 Å². The molecule has 0 radical (unpaired) electrons. The van der Waals surface area contributed by atoms with Crippen LogP contribution in [0.3, 0.4) is 0 Å².